The molecule has 0 saturated carbocycles. The SMILES string of the molecule is O=C(COC(=O)c1cc(=O)[nH]c2ccccc12)NCCc1ccc(OC(F)F)cc1. The zero-order valence-electron chi connectivity index (χ0n) is 15.7. The van der Waals surface area contributed by atoms with Crippen LogP contribution in [0.2, 0.25) is 0 Å². The maximum absolute atomic E-state index is 12.3. The largest absolute Gasteiger partial charge is 0.452 e. The number of alkyl halides is 2. The fourth-order valence-electron chi connectivity index (χ4n) is 2.82. The molecule has 3 rings (SSSR count). The maximum atomic E-state index is 12.3. The number of ether oxygens (including phenoxy) is 2. The van der Waals surface area contributed by atoms with Gasteiger partial charge < -0.3 is 19.8 Å². The van der Waals surface area contributed by atoms with Crippen molar-refractivity contribution < 1.29 is 27.8 Å². The van der Waals surface area contributed by atoms with Crippen LogP contribution in [0.25, 0.3) is 10.9 Å². The number of aromatic amines is 1. The standard InChI is InChI=1S/C21H18F2N2O5/c22-21(23)30-14-7-5-13(6-8-14)9-10-24-19(27)12-29-20(28)16-11-18(26)25-17-4-2-1-3-15(16)17/h1-8,11,21H,9-10,12H2,(H,24,27)(H,25,26). The van der Waals surface area contributed by atoms with E-state index < -0.39 is 30.7 Å². The monoisotopic (exact) mass is 416 g/mol. The molecule has 0 fully saturated rings. The predicted molar refractivity (Wildman–Crippen MR) is 105 cm³/mol. The number of amides is 1. The van der Waals surface area contributed by atoms with Crippen molar-refractivity contribution in [3.63, 3.8) is 0 Å². The average molecular weight is 416 g/mol. The minimum absolute atomic E-state index is 0.0528. The molecule has 0 aliphatic rings. The third-order valence-corrected chi connectivity index (χ3v) is 4.19. The molecule has 0 unspecified atom stereocenters. The van der Waals surface area contributed by atoms with Crippen LogP contribution in [0.15, 0.2) is 59.4 Å². The molecule has 0 bridgehead atoms. The van der Waals surface area contributed by atoms with Crippen molar-refractivity contribution in [3.05, 3.63) is 76.1 Å². The van der Waals surface area contributed by atoms with Gasteiger partial charge in [0.1, 0.15) is 5.75 Å². The Morgan fingerprint density at radius 1 is 1.07 bits per heavy atom. The van der Waals surface area contributed by atoms with E-state index in [0.29, 0.717) is 17.3 Å². The Bertz CT molecular complexity index is 1100. The van der Waals surface area contributed by atoms with Crippen LogP contribution in [0.5, 0.6) is 5.75 Å². The van der Waals surface area contributed by atoms with Crippen molar-refractivity contribution in [3.8, 4) is 5.75 Å². The third kappa shape index (κ3) is 5.63. The molecule has 1 aromatic heterocycles. The number of aromatic nitrogens is 1. The number of hydrogen-bond donors (Lipinski definition) is 2. The first-order valence-corrected chi connectivity index (χ1v) is 9.02. The van der Waals surface area contributed by atoms with E-state index in [0.717, 1.165) is 11.6 Å². The normalized spacial score (nSPS) is 10.8. The van der Waals surface area contributed by atoms with E-state index in [2.05, 4.69) is 15.0 Å². The van der Waals surface area contributed by atoms with Gasteiger partial charge in [-0.1, -0.05) is 30.3 Å². The highest BCUT2D eigenvalue weighted by molar-refractivity contribution is 6.03. The van der Waals surface area contributed by atoms with Gasteiger partial charge in [0.05, 0.1) is 5.56 Å². The third-order valence-electron chi connectivity index (χ3n) is 4.19. The number of pyridine rings is 1. The smallest absolute Gasteiger partial charge is 0.387 e. The predicted octanol–water partition coefficient (Wildman–Crippen LogP) is 2.65. The van der Waals surface area contributed by atoms with Crippen LogP contribution in [0.3, 0.4) is 0 Å². The van der Waals surface area contributed by atoms with Gasteiger partial charge in [0.2, 0.25) is 5.56 Å². The Balaban J connectivity index is 1.48. The van der Waals surface area contributed by atoms with Crippen LogP contribution in [0, 0.1) is 0 Å². The average Bonchev–Trinajstić information content (AvgIpc) is 2.72. The van der Waals surface area contributed by atoms with Gasteiger partial charge in [0, 0.05) is 23.5 Å². The highest BCUT2D eigenvalue weighted by atomic mass is 19.3. The second-order valence-electron chi connectivity index (χ2n) is 6.29. The molecule has 0 aliphatic heterocycles. The Kier molecular flexibility index (Phi) is 6.74. The summed E-state index contributed by atoms with van der Waals surface area (Å²) in [4.78, 5) is 38.5. The van der Waals surface area contributed by atoms with E-state index in [-0.39, 0.29) is 17.9 Å². The summed E-state index contributed by atoms with van der Waals surface area (Å²) >= 11 is 0. The number of rotatable bonds is 8. The molecule has 0 aliphatic carbocycles. The summed E-state index contributed by atoms with van der Waals surface area (Å²) in [5.41, 5.74) is 0.929. The highest BCUT2D eigenvalue weighted by Gasteiger charge is 2.14. The number of halogens is 2. The van der Waals surface area contributed by atoms with Gasteiger partial charge in [-0.3, -0.25) is 9.59 Å². The van der Waals surface area contributed by atoms with Crippen molar-refractivity contribution in [2.24, 2.45) is 0 Å². The Hall–Kier alpha value is -3.75. The first-order valence-electron chi connectivity index (χ1n) is 9.02. The Labute approximate surface area is 169 Å². The molecule has 2 N–H and O–H groups in total. The van der Waals surface area contributed by atoms with Crippen molar-refractivity contribution in [2.75, 3.05) is 13.2 Å². The topological polar surface area (TPSA) is 97.5 Å². The molecule has 156 valence electrons. The summed E-state index contributed by atoms with van der Waals surface area (Å²) in [6.07, 6.45) is 0.452. The van der Waals surface area contributed by atoms with E-state index in [4.69, 9.17) is 4.74 Å². The minimum atomic E-state index is -2.88. The van der Waals surface area contributed by atoms with Crippen molar-refractivity contribution in [2.45, 2.75) is 13.0 Å². The molecule has 0 radical (unpaired) electrons. The maximum Gasteiger partial charge on any atom is 0.387 e. The summed E-state index contributed by atoms with van der Waals surface area (Å²) in [5.74, 6) is -1.23. The van der Waals surface area contributed by atoms with Crippen molar-refractivity contribution >= 4 is 22.8 Å². The molecule has 1 amide bonds. The van der Waals surface area contributed by atoms with Crippen molar-refractivity contribution in [1.29, 1.82) is 0 Å². The van der Waals surface area contributed by atoms with Crippen LogP contribution in [0.4, 0.5) is 8.78 Å². The van der Waals surface area contributed by atoms with E-state index >= 15 is 0 Å². The first-order chi connectivity index (χ1) is 14.4. The number of H-pyrrole nitrogens is 1. The summed E-state index contributed by atoms with van der Waals surface area (Å²) < 4.78 is 33.5. The van der Waals surface area contributed by atoms with E-state index in [1.807, 2.05) is 0 Å². The van der Waals surface area contributed by atoms with Crippen LogP contribution < -0.4 is 15.6 Å². The molecular weight excluding hydrogens is 398 g/mol. The zero-order valence-corrected chi connectivity index (χ0v) is 15.7. The molecule has 0 saturated heterocycles. The van der Waals surface area contributed by atoms with Gasteiger partial charge >= 0.3 is 12.6 Å². The number of benzene rings is 2. The molecule has 0 spiro atoms. The molecule has 3 aromatic rings. The molecule has 1 heterocycles. The lowest BCUT2D eigenvalue weighted by Gasteiger charge is -2.09. The van der Waals surface area contributed by atoms with Crippen LogP contribution >= 0.6 is 0 Å². The number of para-hydroxylation sites is 1. The Morgan fingerprint density at radius 3 is 2.53 bits per heavy atom. The lowest BCUT2D eigenvalue weighted by atomic mass is 10.1. The number of nitrogens with one attached hydrogen (secondary N) is 2. The fraction of sp³-hybridized carbons (Fsp3) is 0.190. The van der Waals surface area contributed by atoms with Gasteiger partial charge in [-0.25, -0.2) is 4.79 Å². The molecule has 9 heteroatoms. The highest BCUT2D eigenvalue weighted by Crippen LogP contribution is 2.16. The molecular formula is C21H18F2N2O5. The molecule has 2 aromatic carbocycles. The van der Waals surface area contributed by atoms with Gasteiger partial charge in [-0.05, 0) is 30.2 Å². The molecule has 7 nitrogen and oxygen atoms in total. The number of hydrogen-bond acceptors (Lipinski definition) is 5. The van der Waals surface area contributed by atoms with Gasteiger partial charge in [-0.15, -0.1) is 0 Å². The van der Waals surface area contributed by atoms with Crippen LogP contribution in [0.1, 0.15) is 15.9 Å². The first kappa shape index (κ1) is 21.0. The van der Waals surface area contributed by atoms with E-state index in [1.165, 1.54) is 12.1 Å². The van der Waals surface area contributed by atoms with Gasteiger partial charge in [0.15, 0.2) is 6.61 Å². The lowest BCUT2D eigenvalue weighted by Crippen LogP contribution is -2.30. The number of fused-ring (bicyclic) bond motifs is 1. The van der Waals surface area contributed by atoms with Crippen LogP contribution in [-0.2, 0) is 16.0 Å². The summed E-state index contributed by atoms with van der Waals surface area (Å²) in [5, 5.41) is 3.11. The number of carbonyl (C=O) groups is 2. The van der Waals surface area contributed by atoms with Gasteiger partial charge in [0.25, 0.3) is 5.91 Å². The summed E-state index contributed by atoms with van der Waals surface area (Å²) in [7, 11) is 0. The quantitative estimate of drug-likeness (QED) is 0.551. The fourth-order valence-corrected chi connectivity index (χ4v) is 2.82. The van der Waals surface area contributed by atoms with Crippen molar-refractivity contribution in [1.82, 2.24) is 10.3 Å². The Morgan fingerprint density at radius 2 is 1.80 bits per heavy atom. The van der Waals surface area contributed by atoms with E-state index in [1.54, 1.807) is 36.4 Å². The lowest BCUT2D eigenvalue weighted by molar-refractivity contribution is -0.124. The molecule has 30 heavy (non-hydrogen) atoms. The minimum Gasteiger partial charge on any atom is -0.452 e. The molecule has 0 atom stereocenters. The summed E-state index contributed by atoms with van der Waals surface area (Å²) in [6.45, 7) is -3.12. The van der Waals surface area contributed by atoms with E-state index in [9.17, 15) is 23.2 Å². The zero-order chi connectivity index (χ0) is 21.5. The number of carbonyl (C=O) groups excluding carboxylic acids is 2. The second-order valence-corrected chi connectivity index (χ2v) is 6.29. The summed E-state index contributed by atoms with van der Waals surface area (Å²) in [6, 6.07) is 13.9. The second kappa shape index (κ2) is 9.64. The number of esters is 1. The van der Waals surface area contributed by atoms with Crippen LogP contribution in [-0.4, -0.2) is 36.6 Å². The van der Waals surface area contributed by atoms with Gasteiger partial charge in [-0.2, -0.15) is 8.78 Å².